The zero-order chi connectivity index (χ0) is 12.1. The highest BCUT2D eigenvalue weighted by Gasteiger charge is 2.22. The van der Waals surface area contributed by atoms with Crippen molar-refractivity contribution in [2.24, 2.45) is 0 Å². The van der Waals surface area contributed by atoms with Crippen molar-refractivity contribution < 1.29 is 19.8 Å². The van der Waals surface area contributed by atoms with E-state index in [1.165, 1.54) is 0 Å². The lowest BCUT2D eigenvalue weighted by Gasteiger charge is -2.22. The van der Waals surface area contributed by atoms with Crippen LogP contribution in [0.25, 0.3) is 0 Å². The number of carbonyl (C=O) groups excluding carboxylic acids is 1. The molecule has 1 aliphatic heterocycles. The van der Waals surface area contributed by atoms with Crippen LogP contribution >= 0.6 is 0 Å². The number of rotatable bonds is 5. The molecule has 1 aliphatic rings. The Kier molecular flexibility index (Phi) is 4.45. The highest BCUT2D eigenvalue weighted by molar-refractivity contribution is 5.96. The first kappa shape index (κ1) is 12.7. The van der Waals surface area contributed by atoms with Crippen LogP contribution in [0.1, 0.15) is 13.3 Å². The average Bonchev–Trinajstić information content (AvgIpc) is 2.13. The van der Waals surface area contributed by atoms with Gasteiger partial charge in [-0.1, -0.05) is 0 Å². The second kappa shape index (κ2) is 5.62. The first-order chi connectivity index (χ1) is 7.56. The van der Waals surface area contributed by atoms with E-state index in [1.54, 1.807) is 6.92 Å². The lowest BCUT2D eigenvalue weighted by Crippen LogP contribution is -2.44. The maximum Gasteiger partial charge on any atom is 0.326 e. The van der Waals surface area contributed by atoms with Crippen LogP contribution in [0.15, 0.2) is 11.1 Å². The topological polar surface area (TPSA) is 98.7 Å². The van der Waals surface area contributed by atoms with E-state index in [0.717, 1.165) is 5.57 Å². The molecule has 0 aromatic carbocycles. The van der Waals surface area contributed by atoms with Crippen LogP contribution in [0.5, 0.6) is 0 Å². The molecule has 1 amide bonds. The second-order valence-electron chi connectivity index (χ2n) is 3.71. The molecule has 0 radical (unpaired) electrons. The van der Waals surface area contributed by atoms with Crippen molar-refractivity contribution in [1.29, 1.82) is 0 Å². The molecule has 0 saturated carbocycles. The van der Waals surface area contributed by atoms with Crippen LogP contribution in [-0.2, 0) is 9.59 Å². The molecule has 1 heterocycles. The third kappa shape index (κ3) is 3.04. The Morgan fingerprint density at radius 3 is 2.50 bits per heavy atom. The van der Waals surface area contributed by atoms with Gasteiger partial charge in [-0.25, -0.2) is 4.79 Å². The summed E-state index contributed by atoms with van der Waals surface area (Å²) in [5.41, 5.74) is 1.55. The molecule has 0 aromatic heterocycles. The molecular formula is C10H16N2O4. The summed E-state index contributed by atoms with van der Waals surface area (Å²) >= 11 is 0. The van der Waals surface area contributed by atoms with Crippen molar-refractivity contribution >= 4 is 11.9 Å². The van der Waals surface area contributed by atoms with Crippen LogP contribution in [0.2, 0.25) is 0 Å². The van der Waals surface area contributed by atoms with Crippen molar-refractivity contribution in [2.45, 2.75) is 19.4 Å². The van der Waals surface area contributed by atoms with Crippen LogP contribution in [-0.4, -0.2) is 47.8 Å². The standard InChI is InChI=1S/C10H16N2O4/c1-6(7-4-11-5-7)9(14)12-8(2-3-13)10(15)16/h8,11,13H,2-5H2,1H3,(H,12,14)(H,15,16)/t8-/m1/s1. The molecule has 6 nitrogen and oxygen atoms in total. The van der Waals surface area contributed by atoms with Crippen molar-refractivity contribution in [3.05, 3.63) is 11.1 Å². The van der Waals surface area contributed by atoms with Gasteiger partial charge in [-0.3, -0.25) is 4.79 Å². The molecule has 6 heteroatoms. The van der Waals surface area contributed by atoms with Crippen LogP contribution < -0.4 is 10.6 Å². The Labute approximate surface area is 93.3 Å². The van der Waals surface area contributed by atoms with Gasteiger partial charge in [0.1, 0.15) is 6.04 Å². The Bertz CT molecular complexity index is 319. The predicted molar refractivity (Wildman–Crippen MR) is 56.8 cm³/mol. The number of carbonyl (C=O) groups is 2. The molecule has 1 atom stereocenters. The molecule has 16 heavy (non-hydrogen) atoms. The number of amides is 1. The van der Waals surface area contributed by atoms with E-state index >= 15 is 0 Å². The Balaban J connectivity index is 2.57. The number of aliphatic hydroxyl groups excluding tert-OH is 1. The first-order valence-corrected chi connectivity index (χ1v) is 5.10. The summed E-state index contributed by atoms with van der Waals surface area (Å²) in [6, 6.07) is -1.03. The summed E-state index contributed by atoms with van der Waals surface area (Å²) in [6.45, 7) is 2.76. The molecule has 0 aromatic rings. The average molecular weight is 228 g/mol. The van der Waals surface area contributed by atoms with Gasteiger partial charge in [0.2, 0.25) is 5.91 Å². The molecule has 1 saturated heterocycles. The summed E-state index contributed by atoms with van der Waals surface area (Å²) in [5.74, 6) is -1.51. The summed E-state index contributed by atoms with van der Waals surface area (Å²) < 4.78 is 0. The van der Waals surface area contributed by atoms with E-state index < -0.39 is 12.0 Å². The number of hydrogen-bond donors (Lipinski definition) is 4. The number of aliphatic hydroxyl groups is 1. The van der Waals surface area contributed by atoms with Gasteiger partial charge in [0, 0.05) is 31.7 Å². The number of nitrogens with one attached hydrogen (secondary N) is 2. The first-order valence-electron chi connectivity index (χ1n) is 5.10. The third-order valence-corrected chi connectivity index (χ3v) is 2.57. The zero-order valence-electron chi connectivity index (χ0n) is 9.12. The Hall–Kier alpha value is -1.40. The van der Waals surface area contributed by atoms with E-state index in [2.05, 4.69) is 10.6 Å². The maximum atomic E-state index is 11.6. The van der Waals surface area contributed by atoms with E-state index in [1.807, 2.05) is 0 Å². The fourth-order valence-corrected chi connectivity index (χ4v) is 1.33. The molecule has 0 aliphatic carbocycles. The summed E-state index contributed by atoms with van der Waals surface area (Å²) in [7, 11) is 0. The minimum absolute atomic E-state index is 0.0158. The lowest BCUT2D eigenvalue weighted by atomic mass is 10.0. The second-order valence-corrected chi connectivity index (χ2v) is 3.71. The smallest absolute Gasteiger partial charge is 0.326 e. The molecule has 90 valence electrons. The number of hydrogen-bond acceptors (Lipinski definition) is 4. The highest BCUT2D eigenvalue weighted by Crippen LogP contribution is 2.09. The minimum atomic E-state index is -1.13. The van der Waals surface area contributed by atoms with E-state index in [9.17, 15) is 9.59 Å². The van der Waals surface area contributed by atoms with Gasteiger partial charge in [0.25, 0.3) is 0 Å². The van der Waals surface area contributed by atoms with Gasteiger partial charge in [-0.15, -0.1) is 0 Å². The van der Waals surface area contributed by atoms with E-state index in [4.69, 9.17) is 10.2 Å². The predicted octanol–water partition coefficient (Wildman–Crippen LogP) is -1.14. The van der Waals surface area contributed by atoms with Gasteiger partial charge in [0.15, 0.2) is 0 Å². The Morgan fingerprint density at radius 2 is 2.12 bits per heavy atom. The quantitative estimate of drug-likeness (QED) is 0.446. The highest BCUT2D eigenvalue weighted by atomic mass is 16.4. The number of carboxylic acid groups (broad SMARTS) is 1. The normalized spacial score (nSPS) is 16.2. The SMILES string of the molecule is CC(C(=O)N[C@H](CCO)C(=O)O)=C1CNC1. The molecule has 4 N–H and O–H groups in total. The molecule has 0 bridgehead atoms. The van der Waals surface area contributed by atoms with Gasteiger partial charge in [-0.2, -0.15) is 0 Å². The fourth-order valence-electron chi connectivity index (χ4n) is 1.33. The largest absolute Gasteiger partial charge is 0.480 e. The molecule has 0 unspecified atom stereocenters. The number of carboxylic acids is 1. The van der Waals surface area contributed by atoms with Crippen molar-refractivity contribution in [3.8, 4) is 0 Å². The van der Waals surface area contributed by atoms with E-state index in [-0.39, 0.29) is 18.9 Å². The minimum Gasteiger partial charge on any atom is -0.480 e. The molecule has 0 spiro atoms. The third-order valence-electron chi connectivity index (χ3n) is 2.57. The monoisotopic (exact) mass is 228 g/mol. The van der Waals surface area contributed by atoms with Crippen molar-refractivity contribution in [2.75, 3.05) is 19.7 Å². The molecule has 1 rings (SSSR count). The van der Waals surface area contributed by atoms with Gasteiger partial charge >= 0.3 is 5.97 Å². The molecule has 1 fully saturated rings. The Morgan fingerprint density at radius 1 is 1.50 bits per heavy atom. The summed E-state index contributed by atoms with van der Waals surface area (Å²) in [6.07, 6.45) is 0.0158. The van der Waals surface area contributed by atoms with Crippen LogP contribution in [0.4, 0.5) is 0 Å². The lowest BCUT2D eigenvalue weighted by molar-refractivity contribution is -0.141. The van der Waals surface area contributed by atoms with Crippen LogP contribution in [0, 0.1) is 0 Å². The van der Waals surface area contributed by atoms with Gasteiger partial charge in [0.05, 0.1) is 0 Å². The molecular weight excluding hydrogens is 212 g/mol. The summed E-state index contributed by atoms with van der Waals surface area (Å²) in [5, 5.41) is 22.8. The van der Waals surface area contributed by atoms with Gasteiger partial charge < -0.3 is 20.8 Å². The summed E-state index contributed by atoms with van der Waals surface area (Å²) in [4.78, 5) is 22.4. The van der Waals surface area contributed by atoms with Crippen molar-refractivity contribution in [3.63, 3.8) is 0 Å². The fraction of sp³-hybridized carbons (Fsp3) is 0.600. The maximum absolute atomic E-state index is 11.6. The van der Waals surface area contributed by atoms with Crippen molar-refractivity contribution in [1.82, 2.24) is 10.6 Å². The number of aliphatic carboxylic acids is 1. The van der Waals surface area contributed by atoms with E-state index in [0.29, 0.717) is 18.7 Å². The van der Waals surface area contributed by atoms with Crippen LogP contribution in [0.3, 0.4) is 0 Å². The zero-order valence-corrected chi connectivity index (χ0v) is 9.12. The van der Waals surface area contributed by atoms with Gasteiger partial charge in [-0.05, 0) is 12.5 Å².